The molecule has 0 fully saturated rings. The molecule has 1 rings (SSSR count). The van der Waals surface area contributed by atoms with E-state index in [4.69, 9.17) is 52.5 Å². The molecule has 0 radical (unpaired) electrons. The van der Waals surface area contributed by atoms with Crippen LogP contribution in [0.15, 0.2) is 24.3 Å². The number of aliphatic hydroxyl groups excluding tert-OH is 1. The lowest BCUT2D eigenvalue weighted by Gasteiger charge is -2.25. The molecule has 1 aromatic rings. The predicted octanol–water partition coefficient (Wildman–Crippen LogP) is 4.46. The van der Waals surface area contributed by atoms with Gasteiger partial charge in [-0.2, -0.15) is 0 Å². The first-order valence-corrected chi connectivity index (χ1v) is 17.1. The average Bonchev–Trinajstić information content (AvgIpc) is 3.06. The third-order valence-corrected chi connectivity index (χ3v) is 7.00. The molecule has 0 amide bonds. The molecule has 1 aromatic carbocycles. The van der Waals surface area contributed by atoms with Crippen LogP contribution in [-0.2, 0) is 48.0 Å². The van der Waals surface area contributed by atoms with Crippen molar-refractivity contribution in [3.05, 3.63) is 29.8 Å². The molecule has 0 heterocycles. The molecule has 0 saturated heterocycles. The van der Waals surface area contributed by atoms with Crippen molar-refractivity contribution in [1.82, 2.24) is 0 Å². The van der Waals surface area contributed by atoms with Gasteiger partial charge in [-0.15, -0.1) is 0 Å². The van der Waals surface area contributed by atoms with Crippen LogP contribution in [0.3, 0.4) is 0 Å². The van der Waals surface area contributed by atoms with Crippen LogP contribution < -0.4 is 4.74 Å². The first-order chi connectivity index (χ1) is 22.6. The number of benzene rings is 1. The highest BCUT2D eigenvalue weighted by molar-refractivity contribution is 5.31. The van der Waals surface area contributed by atoms with Crippen molar-refractivity contribution < 1.29 is 52.5 Å². The Morgan fingerprint density at radius 1 is 0.457 bits per heavy atom. The van der Waals surface area contributed by atoms with E-state index in [2.05, 4.69) is 45.0 Å². The summed E-state index contributed by atoms with van der Waals surface area (Å²) in [4.78, 5) is 0. The minimum atomic E-state index is 0.0275. The average molecular weight is 661 g/mol. The third-order valence-electron chi connectivity index (χ3n) is 7.00. The van der Waals surface area contributed by atoms with Gasteiger partial charge in [0.05, 0.1) is 126 Å². The van der Waals surface area contributed by atoms with Gasteiger partial charge < -0.3 is 52.5 Å². The highest BCUT2D eigenvalue weighted by Gasteiger charge is 2.19. The Labute approximate surface area is 278 Å². The van der Waals surface area contributed by atoms with E-state index in [9.17, 15) is 0 Å². The summed E-state index contributed by atoms with van der Waals surface area (Å²) >= 11 is 0. The summed E-state index contributed by atoms with van der Waals surface area (Å²) in [6, 6.07) is 8.49. The summed E-state index contributed by atoms with van der Waals surface area (Å²) < 4.78 is 54.7. The fourth-order valence-corrected chi connectivity index (χ4v) is 4.28. The van der Waals surface area contributed by atoms with Crippen molar-refractivity contribution in [3.8, 4) is 5.75 Å². The van der Waals surface area contributed by atoms with Gasteiger partial charge in [-0.25, -0.2) is 0 Å². The largest absolute Gasteiger partial charge is 0.491 e. The Morgan fingerprint density at radius 2 is 0.804 bits per heavy atom. The fraction of sp³-hybridized carbons (Fsp3) is 0.829. The molecular weight excluding hydrogens is 596 g/mol. The van der Waals surface area contributed by atoms with Crippen LogP contribution in [0.25, 0.3) is 0 Å². The number of ether oxygens (including phenoxy) is 10. The maximum absolute atomic E-state index is 8.59. The number of hydrogen-bond acceptors (Lipinski definition) is 11. The molecular formula is C35H64O11. The zero-order valence-electron chi connectivity index (χ0n) is 29.0. The normalized spacial score (nSPS) is 11.8. The van der Waals surface area contributed by atoms with Gasteiger partial charge in [0, 0.05) is 0 Å². The Morgan fingerprint density at radius 3 is 1.15 bits per heavy atom. The summed E-state index contributed by atoms with van der Waals surface area (Å²) in [5, 5.41) is 8.59. The minimum absolute atomic E-state index is 0.0275. The summed E-state index contributed by atoms with van der Waals surface area (Å²) in [7, 11) is 0. The zero-order valence-corrected chi connectivity index (χ0v) is 29.0. The lowest BCUT2D eigenvalue weighted by Crippen LogP contribution is -2.17. The van der Waals surface area contributed by atoms with Crippen LogP contribution in [0, 0.1) is 0 Å². The van der Waals surface area contributed by atoms with Gasteiger partial charge in [-0.3, -0.25) is 0 Å². The van der Waals surface area contributed by atoms with E-state index in [0.717, 1.165) is 5.75 Å². The van der Waals surface area contributed by atoms with E-state index in [-0.39, 0.29) is 12.0 Å². The summed E-state index contributed by atoms with van der Waals surface area (Å²) in [6.45, 7) is 16.5. The highest BCUT2D eigenvalue weighted by Crippen LogP contribution is 2.30. The monoisotopic (exact) mass is 660 g/mol. The molecule has 0 saturated carbocycles. The van der Waals surface area contributed by atoms with Crippen LogP contribution in [0.1, 0.15) is 58.4 Å². The van der Waals surface area contributed by atoms with Gasteiger partial charge in [-0.05, 0) is 29.5 Å². The summed E-state index contributed by atoms with van der Waals surface area (Å²) in [6.07, 6.45) is 6.39. The fourth-order valence-electron chi connectivity index (χ4n) is 4.28. The van der Waals surface area contributed by atoms with E-state index in [1.165, 1.54) is 37.7 Å². The van der Waals surface area contributed by atoms with Crippen molar-refractivity contribution in [1.29, 1.82) is 0 Å². The van der Waals surface area contributed by atoms with Crippen LogP contribution in [0.2, 0.25) is 0 Å². The van der Waals surface area contributed by atoms with Gasteiger partial charge >= 0.3 is 0 Å². The first-order valence-electron chi connectivity index (χ1n) is 17.1. The zero-order chi connectivity index (χ0) is 33.2. The second kappa shape index (κ2) is 32.2. The maximum Gasteiger partial charge on any atom is 0.119 e. The van der Waals surface area contributed by atoms with Gasteiger partial charge in [0.1, 0.15) is 12.4 Å². The molecule has 0 spiro atoms. The molecule has 270 valence electrons. The Hall–Kier alpha value is -1.38. The Balaban J connectivity index is 1.77. The number of rotatable bonds is 36. The highest BCUT2D eigenvalue weighted by atomic mass is 16.6. The molecule has 0 atom stereocenters. The lowest BCUT2D eigenvalue weighted by molar-refractivity contribution is -0.0258. The van der Waals surface area contributed by atoms with Crippen LogP contribution in [0.5, 0.6) is 5.75 Å². The SMILES string of the molecule is CCCCCCC(C)(C)c1ccc(OCCOCCOCCOCCOCCOCCOCCOCCOCCOCCO)cc1. The quantitative estimate of drug-likeness (QED) is 0.103. The van der Waals surface area contributed by atoms with Crippen molar-refractivity contribution in [2.75, 3.05) is 132 Å². The topological polar surface area (TPSA) is 113 Å². The summed E-state index contributed by atoms with van der Waals surface area (Å²) in [5.41, 5.74) is 1.55. The number of hydrogen-bond donors (Lipinski definition) is 1. The van der Waals surface area contributed by atoms with Gasteiger partial charge in [0.25, 0.3) is 0 Å². The van der Waals surface area contributed by atoms with Gasteiger partial charge in [0.15, 0.2) is 0 Å². The summed E-state index contributed by atoms with van der Waals surface area (Å²) in [5.74, 6) is 0.875. The second-order valence-corrected chi connectivity index (χ2v) is 11.3. The van der Waals surface area contributed by atoms with Crippen molar-refractivity contribution in [2.45, 2.75) is 58.3 Å². The standard InChI is InChI=1S/C35H64O11/c1-4-5-6-7-12-35(2,3)33-8-10-34(11-9-33)46-32-31-45-30-29-44-28-27-43-26-25-42-24-23-41-22-21-40-20-19-39-18-17-38-16-15-37-14-13-36/h8-11,36H,4-7,12-32H2,1-3H3. The van der Waals surface area contributed by atoms with E-state index in [1.807, 2.05) is 0 Å². The van der Waals surface area contributed by atoms with Crippen LogP contribution >= 0.6 is 0 Å². The van der Waals surface area contributed by atoms with E-state index >= 15 is 0 Å². The van der Waals surface area contributed by atoms with Crippen molar-refractivity contribution >= 4 is 0 Å². The molecule has 1 N–H and O–H groups in total. The Kier molecular flexibility index (Phi) is 29.8. The van der Waals surface area contributed by atoms with Crippen LogP contribution in [0.4, 0.5) is 0 Å². The molecule has 0 bridgehead atoms. The van der Waals surface area contributed by atoms with Crippen molar-refractivity contribution in [3.63, 3.8) is 0 Å². The van der Waals surface area contributed by atoms with Crippen LogP contribution in [-0.4, -0.2) is 137 Å². The molecule has 11 nitrogen and oxygen atoms in total. The maximum atomic E-state index is 8.59. The predicted molar refractivity (Wildman–Crippen MR) is 178 cm³/mol. The van der Waals surface area contributed by atoms with Crippen molar-refractivity contribution in [2.24, 2.45) is 0 Å². The molecule has 0 aromatic heterocycles. The Bertz CT molecular complexity index is 749. The van der Waals surface area contributed by atoms with E-state index in [1.54, 1.807) is 0 Å². The minimum Gasteiger partial charge on any atom is -0.491 e. The first kappa shape index (κ1) is 42.6. The second-order valence-electron chi connectivity index (χ2n) is 11.3. The lowest BCUT2D eigenvalue weighted by atomic mass is 9.80. The smallest absolute Gasteiger partial charge is 0.119 e. The third kappa shape index (κ3) is 26.7. The molecule has 0 aliphatic heterocycles. The molecule has 0 aliphatic carbocycles. The molecule has 11 heteroatoms. The van der Waals surface area contributed by atoms with Gasteiger partial charge in [-0.1, -0.05) is 58.6 Å². The number of aliphatic hydroxyl groups is 1. The number of unbranched alkanes of at least 4 members (excludes halogenated alkanes) is 3. The van der Waals surface area contributed by atoms with Gasteiger partial charge in [0.2, 0.25) is 0 Å². The molecule has 0 unspecified atom stereocenters. The molecule has 46 heavy (non-hydrogen) atoms. The van der Waals surface area contributed by atoms with E-state index < -0.39 is 0 Å². The molecule has 0 aliphatic rings. The van der Waals surface area contributed by atoms with E-state index in [0.29, 0.717) is 126 Å².